The maximum atomic E-state index is 11.4. The molecule has 0 bridgehead atoms. The smallest absolute Gasteiger partial charge is 0.220 e. The van der Waals surface area contributed by atoms with Crippen molar-refractivity contribution in [3.8, 4) is 0 Å². The summed E-state index contributed by atoms with van der Waals surface area (Å²) in [5.41, 5.74) is 0. The number of amides is 1. The zero-order chi connectivity index (χ0) is 11.1. The molecule has 1 unspecified atom stereocenters. The fraction of sp³-hybridized carbons (Fsp3) is 0.917. The molecule has 0 aromatic carbocycles. The van der Waals surface area contributed by atoms with Crippen LogP contribution in [0.2, 0.25) is 0 Å². The van der Waals surface area contributed by atoms with Crippen LogP contribution in [0.4, 0.5) is 0 Å². The molecular weight excluding hydrogens is 210 g/mol. The molecular formula is C12H22ClNO. The van der Waals surface area contributed by atoms with Crippen molar-refractivity contribution < 1.29 is 4.79 Å². The maximum Gasteiger partial charge on any atom is 0.220 e. The zero-order valence-electron chi connectivity index (χ0n) is 9.60. The summed E-state index contributed by atoms with van der Waals surface area (Å²) in [5.74, 6) is 1.57. The van der Waals surface area contributed by atoms with Crippen molar-refractivity contribution in [2.45, 2.75) is 57.9 Å². The molecule has 15 heavy (non-hydrogen) atoms. The molecule has 0 aromatic heterocycles. The number of carbonyl (C=O) groups excluding carboxylic acids is 1. The lowest BCUT2D eigenvalue weighted by Gasteiger charge is -2.17. The Morgan fingerprint density at radius 1 is 1.47 bits per heavy atom. The summed E-state index contributed by atoms with van der Waals surface area (Å²) in [5, 5.41) is 3.04. The minimum absolute atomic E-state index is 0.154. The Morgan fingerprint density at radius 3 is 2.73 bits per heavy atom. The van der Waals surface area contributed by atoms with Gasteiger partial charge in [0.2, 0.25) is 5.91 Å². The molecule has 1 aliphatic carbocycles. The highest BCUT2D eigenvalue weighted by Gasteiger charge is 2.18. The van der Waals surface area contributed by atoms with E-state index in [2.05, 4.69) is 12.2 Å². The van der Waals surface area contributed by atoms with Crippen molar-refractivity contribution >= 4 is 17.5 Å². The van der Waals surface area contributed by atoms with Crippen LogP contribution in [0, 0.1) is 5.92 Å². The molecule has 1 saturated carbocycles. The third-order valence-electron chi connectivity index (χ3n) is 3.11. The van der Waals surface area contributed by atoms with Gasteiger partial charge in [-0.15, -0.1) is 11.6 Å². The molecule has 0 aromatic rings. The van der Waals surface area contributed by atoms with Crippen LogP contribution in [0.1, 0.15) is 51.9 Å². The van der Waals surface area contributed by atoms with Crippen LogP contribution < -0.4 is 5.32 Å². The molecule has 3 heteroatoms. The van der Waals surface area contributed by atoms with Gasteiger partial charge < -0.3 is 5.32 Å². The molecule has 1 fully saturated rings. The van der Waals surface area contributed by atoms with Crippen molar-refractivity contribution in [2.75, 3.05) is 5.88 Å². The van der Waals surface area contributed by atoms with Crippen molar-refractivity contribution in [1.82, 2.24) is 5.32 Å². The number of halogens is 1. The molecule has 0 heterocycles. The molecule has 1 rings (SSSR count). The molecule has 1 atom stereocenters. The predicted molar refractivity (Wildman–Crippen MR) is 64.1 cm³/mol. The summed E-state index contributed by atoms with van der Waals surface area (Å²) >= 11 is 5.54. The predicted octanol–water partition coefficient (Wildman–Crippen LogP) is 3.09. The van der Waals surface area contributed by atoms with E-state index in [0.717, 1.165) is 18.8 Å². The minimum Gasteiger partial charge on any atom is -0.354 e. The molecule has 1 amide bonds. The van der Waals surface area contributed by atoms with Gasteiger partial charge in [-0.2, -0.15) is 0 Å². The van der Waals surface area contributed by atoms with E-state index in [4.69, 9.17) is 11.6 Å². The summed E-state index contributed by atoms with van der Waals surface area (Å²) in [7, 11) is 0. The first kappa shape index (κ1) is 12.8. The largest absolute Gasteiger partial charge is 0.354 e. The van der Waals surface area contributed by atoms with Crippen molar-refractivity contribution in [3.05, 3.63) is 0 Å². The van der Waals surface area contributed by atoms with Crippen LogP contribution in [0.15, 0.2) is 0 Å². The van der Waals surface area contributed by atoms with Gasteiger partial charge >= 0.3 is 0 Å². The molecule has 2 nitrogen and oxygen atoms in total. The third kappa shape index (κ3) is 5.41. The Bertz CT molecular complexity index is 190. The fourth-order valence-electron chi connectivity index (χ4n) is 2.38. The SMILES string of the molecule is CC(CC1CCCC1)NC(=O)CCCCl. The van der Waals surface area contributed by atoms with Crippen LogP contribution in [0.25, 0.3) is 0 Å². The zero-order valence-corrected chi connectivity index (χ0v) is 10.4. The van der Waals surface area contributed by atoms with Crippen LogP contribution in [0.3, 0.4) is 0 Å². The lowest BCUT2D eigenvalue weighted by molar-refractivity contribution is -0.121. The van der Waals surface area contributed by atoms with Gasteiger partial charge in [0.25, 0.3) is 0 Å². The van der Waals surface area contributed by atoms with E-state index < -0.39 is 0 Å². The van der Waals surface area contributed by atoms with Crippen LogP contribution in [-0.4, -0.2) is 17.8 Å². The monoisotopic (exact) mass is 231 g/mol. The number of rotatable bonds is 6. The Balaban J connectivity index is 2.11. The normalized spacial score (nSPS) is 19.1. The number of nitrogens with one attached hydrogen (secondary N) is 1. The lowest BCUT2D eigenvalue weighted by atomic mass is 9.99. The van der Waals surface area contributed by atoms with Gasteiger partial charge in [-0.25, -0.2) is 0 Å². The van der Waals surface area contributed by atoms with Crippen molar-refractivity contribution in [3.63, 3.8) is 0 Å². The van der Waals surface area contributed by atoms with E-state index >= 15 is 0 Å². The van der Waals surface area contributed by atoms with Crippen molar-refractivity contribution in [2.24, 2.45) is 5.92 Å². The molecule has 1 aliphatic rings. The number of alkyl halides is 1. The van der Waals surface area contributed by atoms with Gasteiger partial charge in [-0.3, -0.25) is 4.79 Å². The summed E-state index contributed by atoms with van der Waals surface area (Å²) in [6, 6.07) is 0.330. The molecule has 88 valence electrons. The Labute approximate surface area is 97.8 Å². The van der Waals surface area contributed by atoms with Gasteiger partial charge in [0.15, 0.2) is 0 Å². The first-order chi connectivity index (χ1) is 7.22. The van der Waals surface area contributed by atoms with Crippen molar-refractivity contribution in [1.29, 1.82) is 0 Å². The lowest BCUT2D eigenvalue weighted by Crippen LogP contribution is -2.33. The summed E-state index contributed by atoms with van der Waals surface area (Å²) in [6.07, 6.45) is 7.94. The third-order valence-corrected chi connectivity index (χ3v) is 3.37. The van der Waals surface area contributed by atoms with Gasteiger partial charge in [-0.05, 0) is 25.7 Å². The molecule has 0 spiro atoms. The van der Waals surface area contributed by atoms with Crippen LogP contribution in [0.5, 0.6) is 0 Å². The highest BCUT2D eigenvalue weighted by Crippen LogP contribution is 2.28. The van der Waals surface area contributed by atoms with Gasteiger partial charge in [-0.1, -0.05) is 25.7 Å². The molecule has 0 aliphatic heterocycles. The fourth-order valence-corrected chi connectivity index (χ4v) is 2.51. The van der Waals surface area contributed by atoms with E-state index in [1.807, 2.05) is 0 Å². The summed E-state index contributed by atoms with van der Waals surface area (Å²) in [6.45, 7) is 2.11. The second-order valence-electron chi connectivity index (χ2n) is 4.65. The second kappa shape index (κ2) is 7.10. The van der Waals surface area contributed by atoms with E-state index in [-0.39, 0.29) is 5.91 Å². The van der Waals surface area contributed by atoms with Gasteiger partial charge in [0, 0.05) is 18.3 Å². The van der Waals surface area contributed by atoms with Gasteiger partial charge in [0.05, 0.1) is 0 Å². The number of hydrogen-bond donors (Lipinski definition) is 1. The Morgan fingerprint density at radius 2 is 2.13 bits per heavy atom. The van der Waals surface area contributed by atoms with E-state index in [9.17, 15) is 4.79 Å². The average Bonchev–Trinajstić information content (AvgIpc) is 2.67. The quantitative estimate of drug-likeness (QED) is 0.700. The van der Waals surface area contributed by atoms with E-state index in [1.165, 1.54) is 25.7 Å². The first-order valence-electron chi connectivity index (χ1n) is 6.07. The number of carbonyl (C=O) groups is 1. The Hall–Kier alpha value is -0.240. The topological polar surface area (TPSA) is 29.1 Å². The highest BCUT2D eigenvalue weighted by atomic mass is 35.5. The molecule has 0 saturated heterocycles. The maximum absolute atomic E-state index is 11.4. The molecule has 0 radical (unpaired) electrons. The van der Waals surface area contributed by atoms with E-state index in [1.54, 1.807) is 0 Å². The Kier molecular flexibility index (Phi) is 6.07. The highest BCUT2D eigenvalue weighted by molar-refractivity contribution is 6.17. The average molecular weight is 232 g/mol. The second-order valence-corrected chi connectivity index (χ2v) is 5.03. The first-order valence-corrected chi connectivity index (χ1v) is 6.61. The van der Waals surface area contributed by atoms with Crippen LogP contribution >= 0.6 is 11.6 Å². The minimum atomic E-state index is 0.154. The van der Waals surface area contributed by atoms with Crippen LogP contribution in [-0.2, 0) is 4.79 Å². The molecule has 1 N–H and O–H groups in total. The summed E-state index contributed by atoms with van der Waals surface area (Å²) < 4.78 is 0. The summed E-state index contributed by atoms with van der Waals surface area (Å²) in [4.78, 5) is 11.4. The van der Waals surface area contributed by atoms with Gasteiger partial charge in [0.1, 0.15) is 0 Å². The standard InChI is InChI=1S/C12H22ClNO/c1-10(9-11-5-2-3-6-11)14-12(15)7-4-8-13/h10-11H,2-9H2,1H3,(H,14,15). The van der Waals surface area contributed by atoms with E-state index in [0.29, 0.717) is 18.3 Å². The number of hydrogen-bond acceptors (Lipinski definition) is 1.